The maximum Gasteiger partial charge on any atom is 0.141 e. The molecule has 0 aromatic heterocycles. The van der Waals surface area contributed by atoms with Crippen LogP contribution in [0.25, 0.3) is 0 Å². The van der Waals surface area contributed by atoms with E-state index in [-0.39, 0.29) is 10.8 Å². The van der Waals surface area contributed by atoms with E-state index in [2.05, 4.69) is 116 Å². The van der Waals surface area contributed by atoms with Gasteiger partial charge in [-0.15, -0.1) is 0 Å². The molecule has 4 nitrogen and oxygen atoms in total. The summed E-state index contributed by atoms with van der Waals surface area (Å²) in [5.41, 5.74) is 5.36. The predicted molar refractivity (Wildman–Crippen MR) is 173 cm³/mol. The minimum Gasteiger partial charge on any atom is -0.492 e. The third-order valence-corrected chi connectivity index (χ3v) is 7.59. The van der Waals surface area contributed by atoms with Crippen molar-refractivity contribution in [1.29, 1.82) is 0 Å². The van der Waals surface area contributed by atoms with Crippen LogP contribution in [0.5, 0.6) is 11.5 Å². The van der Waals surface area contributed by atoms with Crippen LogP contribution >= 0.6 is 0 Å². The molecule has 1 heterocycles. The van der Waals surface area contributed by atoms with Gasteiger partial charge in [0.15, 0.2) is 0 Å². The number of piperidine rings is 1. The maximum absolute atomic E-state index is 6.11. The fourth-order valence-electron chi connectivity index (χ4n) is 5.08. The highest BCUT2D eigenvalue weighted by Gasteiger charge is 2.20. The minimum absolute atomic E-state index is 0.115. The van der Waals surface area contributed by atoms with Crippen LogP contribution < -0.4 is 9.47 Å². The van der Waals surface area contributed by atoms with Crippen LogP contribution in [0.4, 0.5) is 0 Å². The highest BCUT2D eigenvalue weighted by Crippen LogP contribution is 2.33. The number of likely N-dealkylation sites (tertiary alicyclic amines) is 1. The first kappa shape index (κ1) is 34.2. The Labute approximate surface area is 247 Å². The van der Waals surface area contributed by atoms with Crippen LogP contribution in [-0.4, -0.2) is 56.4 Å². The molecule has 0 radical (unpaired) electrons. The topological polar surface area (TPSA) is 24.9 Å². The Hall–Kier alpha value is -2.04. The van der Waals surface area contributed by atoms with Crippen molar-refractivity contribution in [1.82, 2.24) is 9.80 Å². The molecule has 4 heteroatoms. The van der Waals surface area contributed by atoms with Gasteiger partial charge < -0.3 is 9.47 Å². The van der Waals surface area contributed by atoms with Gasteiger partial charge >= 0.3 is 0 Å². The molecule has 0 spiro atoms. The Morgan fingerprint density at radius 1 is 0.750 bits per heavy atom. The van der Waals surface area contributed by atoms with Crippen molar-refractivity contribution in [3.05, 3.63) is 58.7 Å². The Morgan fingerprint density at radius 2 is 1.27 bits per heavy atom. The molecule has 0 unspecified atom stereocenters. The van der Waals surface area contributed by atoms with Crippen molar-refractivity contribution in [2.24, 2.45) is 0 Å². The van der Waals surface area contributed by atoms with Crippen molar-refractivity contribution in [3.8, 4) is 11.5 Å². The van der Waals surface area contributed by atoms with Gasteiger partial charge in [-0.25, -0.2) is 0 Å². The Balaban J connectivity index is 0.000000280. The second-order valence-electron chi connectivity index (χ2n) is 13.8. The van der Waals surface area contributed by atoms with Gasteiger partial charge in [0.25, 0.3) is 0 Å². The van der Waals surface area contributed by atoms with E-state index in [9.17, 15) is 0 Å². The number of nitrogens with zero attached hydrogens (tertiary/aromatic N) is 2. The number of hydrogen-bond acceptors (Lipinski definition) is 4. The largest absolute Gasteiger partial charge is 0.492 e. The van der Waals surface area contributed by atoms with E-state index in [4.69, 9.17) is 9.47 Å². The van der Waals surface area contributed by atoms with Gasteiger partial charge in [0.05, 0.1) is 0 Å². The Morgan fingerprint density at radius 3 is 1.77 bits per heavy atom. The van der Waals surface area contributed by atoms with Gasteiger partial charge in [-0.2, -0.15) is 0 Å². The lowest BCUT2D eigenvalue weighted by molar-refractivity contribution is 0.148. The molecule has 2 aromatic carbocycles. The van der Waals surface area contributed by atoms with Crippen LogP contribution in [0, 0.1) is 13.8 Å². The van der Waals surface area contributed by atoms with Crippen molar-refractivity contribution in [2.75, 3.05) is 46.6 Å². The number of ether oxygens (including phenoxy) is 2. The van der Waals surface area contributed by atoms with Gasteiger partial charge in [-0.05, 0) is 98.5 Å². The molecule has 0 bridgehead atoms. The number of hydrogen-bond donors (Lipinski definition) is 0. The molecular formula is C36H60N2O2. The molecule has 1 aliphatic rings. The van der Waals surface area contributed by atoms with Crippen molar-refractivity contribution < 1.29 is 9.47 Å². The third kappa shape index (κ3) is 12.2. The summed E-state index contributed by atoms with van der Waals surface area (Å²) in [6.07, 6.45) is 7.89. The molecule has 0 saturated carbocycles. The second-order valence-corrected chi connectivity index (χ2v) is 13.8. The Kier molecular flexibility index (Phi) is 14.0. The standard InChI is InChI=1S/C18H29NO.C18H31NO/c1-15-8-9-16(18(2,3)4)17(14-15)20-13-12-19-10-6-5-7-11-19;1-7-8-9-12-19(6)14-20-17-13-15(2)10-11-16(17)18(3,4)5/h8-9,14H,5-7,10-13H2,1-4H3;10-11,13H,7-9,12,14H2,1-6H3. The molecule has 0 atom stereocenters. The molecule has 1 saturated heterocycles. The molecule has 0 amide bonds. The van der Waals surface area contributed by atoms with Gasteiger partial charge in [-0.3, -0.25) is 9.80 Å². The van der Waals surface area contributed by atoms with Crippen molar-refractivity contribution in [3.63, 3.8) is 0 Å². The van der Waals surface area contributed by atoms with Crippen molar-refractivity contribution >= 4 is 0 Å². The summed E-state index contributed by atoms with van der Waals surface area (Å²) >= 11 is 0. The smallest absolute Gasteiger partial charge is 0.141 e. The maximum atomic E-state index is 6.11. The molecule has 1 aliphatic heterocycles. The van der Waals surface area contributed by atoms with E-state index in [1.807, 2.05) is 0 Å². The highest BCUT2D eigenvalue weighted by molar-refractivity contribution is 5.42. The fraction of sp³-hybridized carbons (Fsp3) is 0.667. The number of aryl methyl sites for hydroxylation is 2. The summed E-state index contributed by atoms with van der Waals surface area (Å²) in [7, 11) is 2.13. The predicted octanol–water partition coefficient (Wildman–Crippen LogP) is 8.91. The zero-order valence-electron chi connectivity index (χ0n) is 27.7. The lowest BCUT2D eigenvalue weighted by atomic mass is 9.86. The van der Waals surface area contributed by atoms with Crippen LogP contribution in [0.2, 0.25) is 0 Å². The highest BCUT2D eigenvalue weighted by atomic mass is 16.5. The quantitative estimate of drug-likeness (QED) is 0.205. The summed E-state index contributed by atoms with van der Waals surface area (Å²) in [6.45, 7) is 26.0. The first-order chi connectivity index (χ1) is 18.8. The minimum atomic E-state index is 0.115. The van der Waals surface area contributed by atoms with E-state index < -0.39 is 0 Å². The molecule has 2 aromatic rings. The first-order valence-electron chi connectivity index (χ1n) is 15.7. The Bertz CT molecular complexity index is 997. The van der Waals surface area contributed by atoms with Gasteiger partial charge in [0.1, 0.15) is 24.8 Å². The van der Waals surface area contributed by atoms with Gasteiger partial charge in [0, 0.05) is 13.1 Å². The summed E-state index contributed by atoms with van der Waals surface area (Å²) in [4.78, 5) is 4.78. The van der Waals surface area contributed by atoms with Gasteiger partial charge in [0.2, 0.25) is 0 Å². The number of rotatable bonds is 11. The van der Waals surface area contributed by atoms with E-state index in [0.29, 0.717) is 6.73 Å². The van der Waals surface area contributed by atoms with Crippen LogP contribution in [0.1, 0.15) is 109 Å². The van der Waals surface area contributed by atoms with E-state index in [0.717, 1.165) is 31.2 Å². The average Bonchev–Trinajstić information content (AvgIpc) is 2.87. The van der Waals surface area contributed by atoms with E-state index >= 15 is 0 Å². The molecule has 226 valence electrons. The second kappa shape index (κ2) is 16.4. The number of unbranched alkanes of at least 4 members (excludes halogenated alkanes) is 2. The third-order valence-electron chi connectivity index (χ3n) is 7.59. The van der Waals surface area contributed by atoms with Crippen LogP contribution in [0.15, 0.2) is 36.4 Å². The zero-order chi connectivity index (χ0) is 29.8. The first-order valence-corrected chi connectivity index (χ1v) is 15.7. The molecule has 1 fully saturated rings. The molecule has 3 rings (SSSR count). The molecular weight excluding hydrogens is 492 g/mol. The van der Waals surface area contributed by atoms with Gasteiger partial charge in [-0.1, -0.05) is 92.0 Å². The van der Waals surface area contributed by atoms with E-state index in [1.165, 1.54) is 73.9 Å². The lowest BCUT2D eigenvalue weighted by Gasteiger charge is -2.27. The van der Waals surface area contributed by atoms with E-state index in [1.54, 1.807) is 0 Å². The monoisotopic (exact) mass is 552 g/mol. The van der Waals surface area contributed by atoms with Crippen LogP contribution in [-0.2, 0) is 10.8 Å². The van der Waals surface area contributed by atoms with Crippen molar-refractivity contribution in [2.45, 2.75) is 112 Å². The summed E-state index contributed by atoms with van der Waals surface area (Å²) < 4.78 is 12.2. The summed E-state index contributed by atoms with van der Waals surface area (Å²) in [6, 6.07) is 13.1. The summed E-state index contributed by atoms with van der Waals surface area (Å²) in [5.74, 6) is 2.09. The average molecular weight is 553 g/mol. The lowest BCUT2D eigenvalue weighted by Crippen LogP contribution is -2.33. The fourth-order valence-corrected chi connectivity index (χ4v) is 5.08. The molecule has 0 aliphatic carbocycles. The zero-order valence-corrected chi connectivity index (χ0v) is 27.7. The SMILES string of the molecule is CCCCCN(C)COc1cc(C)ccc1C(C)(C)C.Cc1ccc(C(C)(C)C)c(OCCN2CCCCC2)c1. The van der Waals surface area contributed by atoms with Crippen LogP contribution in [0.3, 0.4) is 0 Å². The summed E-state index contributed by atoms with van der Waals surface area (Å²) in [5, 5.41) is 0. The normalized spacial score (nSPS) is 14.6. The number of benzene rings is 2. The molecule has 0 N–H and O–H groups in total. The molecule has 40 heavy (non-hydrogen) atoms.